The molecule has 0 aliphatic carbocycles. The highest BCUT2D eigenvalue weighted by molar-refractivity contribution is 14.1. The molecule has 0 aliphatic rings. The number of carbonyl (C=O) groups is 1. The topological polar surface area (TPSA) is 102 Å². The van der Waals surface area contributed by atoms with Crippen LogP contribution in [0.4, 0.5) is 5.69 Å². The van der Waals surface area contributed by atoms with E-state index in [0.29, 0.717) is 25.7 Å². The zero-order valence-corrected chi connectivity index (χ0v) is 20.2. The maximum Gasteiger partial charge on any atom is 0.270 e. The molecule has 3 rings (SSSR count). The second-order valence-electron chi connectivity index (χ2n) is 6.72. The number of ether oxygens (including phenoxy) is 2. The zero-order valence-electron chi connectivity index (χ0n) is 17.2. The molecule has 0 atom stereocenters. The van der Waals surface area contributed by atoms with E-state index in [-0.39, 0.29) is 23.4 Å². The lowest BCUT2D eigenvalue weighted by molar-refractivity contribution is -0.384. The van der Waals surface area contributed by atoms with Crippen LogP contribution in [0.5, 0.6) is 11.5 Å². The molecule has 33 heavy (non-hydrogen) atoms. The summed E-state index contributed by atoms with van der Waals surface area (Å²) in [5.74, 6) is 0.299. The van der Waals surface area contributed by atoms with E-state index in [2.05, 4.69) is 22.6 Å². The molecule has 166 valence electrons. The van der Waals surface area contributed by atoms with E-state index in [4.69, 9.17) is 21.1 Å². The van der Waals surface area contributed by atoms with Gasteiger partial charge in [-0.05, 0) is 52.4 Å². The number of non-ortho nitro benzene ring substituents is 1. The van der Waals surface area contributed by atoms with Gasteiger partial charge in [0.2, 0.25) is 5.78 Å². The normalized spacial score (nSPS) is 10.9. The molecule has 0 radical (unpaired) electrons. The fraction of sp³-hybridized carbons (Fsp3) is 0.0833. The number of halogens is 2. The number of ketones is 1. The van der Waals surface area contributed by atoms with Crippen LogP contribution in [0.2, 0.25) is 5.02 Å². The van der Waals surface area contributed by atoms with Crippen LogP contribution in [-0.4, -0.2) is 17.8 Å². The minimum atomic E-state index is -0.616. The van der Waals surface area contributed by atoms with E-state index in [9.17, 15) is 20.2 Å². The summed E-state index contributed by atoms with van der Waals surface area (Å²) < 4.78 is 12.1. The van der Waals surface area contributed by atoms with Crippen molar-refractivity contribution in [2.75, 3.05) is 7.11 Å². The average Bonchev–Trinajstić information content (AvgIpc) is 2.82. The molecule has 0 unspecified atom stereocenters. The number of nitrogens with zero attached hydrogens (tertiary/aromatic N) is 2. The molecule has 0 saturated carbocycles. The Bertz CT molecular complexity index is 1300. The highest BCUT2D eigenvalue weighted by atomic mass is 127. The van der Waals surface area contributed by atoms with Gasteiger partial charge >= 0.3 is 0 Å². The number of rotatable bonds is 8. The lowest BCUT2D eigenvalue weighted by atomic mass is 10.0. The average molecular weight is 575 g/mol. The van der Waals surface area contributed by atoms with E-state index in [0.717, 1.165) is 11.6 Å². The fourth-order valence-corrected chi connectivity index (χ4v) is 3.93. The predicted molar refractivity (Wildman–Crippen MR) is 133 cm³/mol. The lowest BCUT2D eigenvalue weighted by Crippen LogP contribution is -2.03. The maximum absolute atomic E-state index is 12.8. The summed E-state index contributed by atoms with van der Waals surface area (Å²) in [4.78, 5) is 23.2. The Morgan fingerprint density at radius 1 is 1.21 bits per heavy atom. The van der Waals surface area contributed by atoms with Crippen LogP contribution in [0, 0.1) is 25.0 Å². The third kappa shape index (κ3) is 5.88. The van der Waals surface area contributed by atoms with Gasteiger partial charge < -0.3 is 9.47 Å². The van der Waals surface area contributed by atoms with Crippen LogP contribution in [0.3, 0.4) is 0 Å². The van der Waals surface area contributed by atoms with E-state index in [1.807, 2.05) is 24.3 Å². The molecule has 0 bridgehead atoms. The molecule has 0 N–H and O–H groups in total. The van der Waals surface area contributed by atoms with Crippen LogP contribution in [-0.2, 0) is 6.61 Å². The summed E-state index contributed by atoms with van der Waals surface area (Å²) in [6.45, 7) is 0.232. The summed E-state index contributed by atoms with van der Waals surface area (Å²) in [6, 6.07) is 17.8. The Kier molecular flexibility index (Phi) is 8.03. The van der Waals surface area contributed by atoms with Gasteiger partial charge in [0, 0.05) is 28.3 Å². The van der Waals surface area contributed by atoms with Gasteiger partial charge in [-0.2, -0.15) is 5.26 Å². The maximum atomic E-state index is 12.8. The van der Waals surface area contributed by atoms with Crippen LogP contribution >= 0.6 is 34.2 Å². The van der Waals surface area contributed by atoms with E-state index in [1.54, 1.807) is 18.2 Å². The van der Waals surface area contributed by atoms with Crippen molar-refractivity contribution in [3.8, 4) is 17.6 Å². The largest absolute Gasteiger partial charge is 0.493 e. The second kappa shape index (κ2) is 10.9. The fourth-order valence-electron chi connectivity index (χ4n) is 2.96. The number of nitro benzene ring substituents is 1. The number of benzene rings is 3. The smallest absolute Gasteiger partial charge is 0.270 e. The van der Waals surface area contributed by atoms with E-state index >= 15 is 0 Å². The molecule has 0 aliphatic heterocycles. The first kappa shape index (κ1) is 24.2. The van der Waals surface area contributed by atoms with Gasteiger partial charge in [-0.15, -0.1) is 0 Å². The molecular formula is C24H16ClIN2O5. The summed E-state index contributed by atoms with van der Waals surface area (Å²) in [6.07, 6.45) is 1.41. The summed E-state index contributed by atoms with van der Waals surface area (Å²) in [5, 5.41) is 21.1. The first-order chi connectivity index (χ1) is 15.8. The molecule has 0 spiro atoms. The molecule has 3 aromatic rings. The molecule has 0 aromatic heterocycles. The minimum Gasteiger partial charge on any atom is -0.493 e. The Morgan fingerprint density at radius 3 is 2.64 bits per heavy atom. The highest BCUT2D eigenvalue weighted by Gasteiger charge is 2.17. The van der Waals surface area contributed by atoms with Crippen molar-refractivity contribution in [1.29, 1.82) is 5.26 Å². The number of allylic oxidation sites excluding steroid dienone is 1. The first-order valence-electron chi connectivity index (χ1n) is 9.48. The quantitative estimate of drug-likeness (QED) is 0.0789. The van der Waals surface area contributed by atoms with Crippen molar-refractivity contribution in [1.82, 2.24) is 0 Å². The number of methoxy groups -OCH3 is 1. The summed E-state index contributed by atoms with van der Waals surface area (Å²) in [5.41, 5.74) is 1.01. The van der Waals surface area contributed by atoms with E-state index < -0.39 is 10.7 Å². The third-order valence-electron chi connectivity index (χ3n) is 4.58. The van der Waals surface area contributed by atoms with Crippen molar-refractivity contribution in [3.05, 3.63) is 102 Å². The number of hydrogen-bond acceptors (Lipinski definition) is 6. The molecule has 0 amide bonds. The zero-order chi connectivity index (χ0) is 24.0. The monoisotopic (exact) mass is 574 g/mol. The number of Topliss-reactive ketones (excluding diaryl/α,β-unsaturated/α-hetero) is 1. The lowest BCUT2D eigenvalue weighted by Gasteiger charge is -2.14. The molecule has 7 nitrogen and oxygen atoms in total. The minimum absolute atomic E-state index is 0.0540. The van der Waals surface area contributed by atoms with Gasteiger partial charge in [-0.1, -0.05) is 41.9 Å². The third-order valence-corrected chi connectivity index (χ3v) is 5.75. The molecule has 0 fully saturated rings. The van der Waals surface area contributed by atoms with Crippen LogP contribution < -0.4 is 9.47 Å². The molecule has 3 aromatic carbocycles. The van der Waals surface area contributed by atoms with Crippen molar-refractivity contribution < 1.29 is 19.2 Å². The Balaban J connectivity index is 1.90. The summed E-state index contributed by atoms with van der Waals surface area (Å²) in [7, 11) is 1.49. The van der Waals surface area contributed by atoms with Crippen molar-refractivity contribution in [2.45, 2.75) is 6.61 Å². The molecular weight excluding hydrogens is 559 g/mol. The SMILES string of the molecule is COc1cc(C=C(C#N)C(=O)c2cccc([N+](=O)[O-])c2)cc(I)c1OCc1ccccc1Cl. The molecule has 0 heterocycles. The Labute approximate surface area is 208 Å². The Hall–Kier alpha value is -3.42. The number of carbonyl (C=O) groups excluding carboxylic acids is 1. The number of hydrogen-bond donors (Lipinski definition) is 0. The highest BCUT2D eigenvalue weighted by Crippen LogP contribution is 2.35. The first-order valence-corrected chi connectivity index (χ1v) is 10.9. The van der Waals surface area contributed by atoms with Gasteiger partial charge in [0.15, 0.2) is 11.5 Å². The van der Waals surface area contributed by atoms with Gasteiger partial charge in [-0.3, -0.25) is 14.9 Å². The molecule has 0 saturated heterocycles. The predicted octanol–water partition coefficient (Wildman–Crippen LogP) is 6.23. The van der Waals surface area contributed by atoms with Crippen LogP contribution in [0.25, 0.3) is 6.08 Å². The van der Waals surface area contributed by atoms with Crippen LogP contribution in [0.1, 0.15) is 21.5 Å². The summed E-state index contributed by atoms with van der Waals surface area (Å²) >= 11 is 8.26. The molecule has 9 heteroatoms. The number of nitriles is 1. The number of nitro groups is 1. The van der Waals surface area contributed by atoms with Gasteiger partial charge in [0.05, 0.1) is 15.6 Å². The van der Waals surface area contributed by atoms with Gasteiger partial charge in [0.25, 0.3) is 5.69 Å². The van der Waals surface area contributed by atoms with Crippen molar-refractivity contribution in [3.63, 3.8) is 0 Å². The van der Waals surface area contributed by atoms with Crippen LogP contribution in [0.15, 0.2) is 66.2 Å². The van der Waals surface area contributed by atoms with Gasteiger partial charge in [0.1, 0.15) is 18.2 Å². The second-order valence-corrected chi connectivity index (χ2v) is 8.29. The van der Waals surface area contributed by atoms with Crippen molar-refractivity contribution in [2.24, 2.45) is 0 Å². The van der Waals surface area contributed by atoms with Crippen molar-refractivity contribution >= 4 is 51.7 Å². The van der Waals surface area contributed by atoms with E-state index in [1.165, 1.54) is 31.4 Å². The Morgan fingerprint density at radius 2 is 1.97 bits per heavy atom. The standard InChI is InChI=1S/C24H16ClIN2O5/c1-32-22-11-15(10-21(26)24(22)33-14-17-5-2-3-8-20(17)25)9-18(13-27)23(29)16-6-4-7-19(12-16)28(30)31/h2-12H,14H2,1H3. The van der Waals surface area contributed by atoms with Gasteiger partial charge in [-0.25, -0.2) is 0 Å².